The fourth-order valence-electron chi connectivity index (χ4n) is 2.17. The second-order valence-corrected chi connectivity index (χ2v) is 6.75. The van der Waals surface area contributed by atoms with Gasteiger partial charge in [0.15, 0.2) is 0 Å². The van der Waals surface area contributed by atoms with Gasteiger partial charge in [0.2, 0.25) is 10.0 Å². The molecule has 1 saturated heterocycles. The zero-order valence-corrected chi connectivity index (χ0v) is 11.6. The first kappa shape index (κ1) is 14.0. The molecule has 1 unspecified atom stereocenters. The summed E-state index contributed by atoms with van der Waals surface area (Å²) in [7, 11) is -3.51. The van der Waals surface area contributed by atoms with Gasteiger partial charge in [0.1, 0.15) is 0 Å². The first-order valence-electron chi connectivity index (χ1n) is 6.16. The Morgan fingerprint density at radius 1 is 1.42 bits per heavy atom. The van der Waals surface area contributed by atoms with E-state index in [9.17, 15) is 8.42 Å². The quantitative estimate of drug-likeness (QED) is 0.853. The molecule has 1 heterocycles. The van der Waals surface area contributed by atoms with Crippen molar-refractivity contribution < 1.29 is 8.42 Å². The van der Waals surface area contributed by atoms with E-state index in [1.165, 1.54) is 0 Å². The fraction of sp³-hybridized carbons (Fsp3) is 0.462. The number of hydrogen-bond acceptors (Lipinski definition) is 4. The number of nitrogens with zero attached hydrogens (tertiary/aromatic N) is 1. The lowest BCUT2D eigenvalue weighted by molar-refractivity contribution is 0.452. The maximum Gasteiger partial charge on any atom is 0.241 e. The fourth-order valence-corrected chi connectivity index (χ4v) is 3.60. The van der Waals surface area contributed by atoms with E-state index < -0.39 is 15.6 Å². The molecule has 0 aromatic heterocycles. The number of sulfonamides is 1. The molecule has 1 aliphatic rings. The van der Waals surface area contributed by atoms with Gasteiger partial charge in [-0.1, -0.05) is 12.1 Å². The Kier molecular flexibility index (Phi) is 3.90. The second kappa shape index (κ2) is 5.29. The number of nitriles is 1. The van der Waals surface area contributed by atoms with Crippen LogP contribution in [-0.4, -0.2) is 27.0 Å². The Morgan fingerprint density at radius 3 is 2.63 bits per heavy atom. The highest BCUT2D eigenvalue weighted by molar-refractivity contribution is 7.89. The van der Waals surface area contributed by atoms with Crippen LogP contribution >= 0.6 is 0 Å². The Bertz CT molecular complexity index is 581. The van der Waals surface area contributed by atoms with Gasteiger partial charge in [-0.15, -0.1) is 0 Å². The average Bonchev–Trinajstić information content (AvgIpc) is 2.76. The van der Waals surface area contributed by atoms with Crippen molar-refractivity contribution in [2.75, 3.05) is 13.1 Å². The number of benzene rings is 1. The van der Waals surface area contributed by atoms with Crippen LogP contribution in [0.5, 0.6) is 0 Å². The van der Waals surface area contributed by atoms with Gasteiger partial charge in [-0.2, -0.15) is 5.26 Å². The van der Waals surface area contributed by atoms with Crippen molar-refractivity contribution >= 4 is 10.0 Å². The second-order valence-electron chi connectivity index (χ2n) is 5.07. The average molecular weight is 279 g/mol. The van der Waals surface area contributed by atoms with Gasteiger partial charge < -0.3 is 5.32 Å². The lowest BCUT2D eigenvalue weighted by atomic mass is 10.0. The summed E-state index contributed by atoms with van der Waals surface area (Å²) >= 11 is 0. The molecule has 2 rings (SSSR count). The largest absolute Gasteiger partial charge is 0.315 e. The van der Waals surface area contributed by atoms with E-state index in [-0.39, 0.29) is 11.3 Å². The highest BCUT2D eigenvalue weighted by atomic mass is 32.2. The normalized spacial score (nSPS) is 23.2. The Morgan fingerprint density at radius 2 is 2.11 bits per heavy atom. The van der Waals surface area contributed by atoms with Gasteiger partial charge >= 0.3 is 0 Å². The molecule has 1 aromatic rings. The summed E-state index contributed by atoms with van der Waals surface area (Å²) in [5.41, 5.74) is 0.389. The van der Waals surface area contributed by atoms with Crippen molar-refractivity contribution in [3.05, 3.63) is 29.8 Å². The van der Waals surface area contributed by atoms with Crippen molar-refractivity contribution in [1.82, 2.24) is 10.0 Å². The van der Waals surface area contributed by atoms with Gasteiger partial charge in [0, 0.05) is 12.1 Å². The topological polar surface area (TPSA) is 82.0 Å². The van der Waals surface area contributed by atoms with Crippen LogP contribution in [0, 0.1) is 11.3 Å². The highest BCUT2D eigenvalue weighted by Gasteiger charge is 2.33. The molecule has 1 fully saturated rings. The highest BCUT2D eigenvalue weighted by Crippen LogP contribution is 2.19. The van der Waals surface area contributed by atoms with Gasteiger partial charge in [-0.25, -0.2) is 13.1 Å². The predicted octanol–water partition coefficient (Wildman–Crippen LogP) is 0.783. The molecule has 6 heteroatoms. The Labute approximate surface area is 113 Å². The number of rotatable bonds is 4. The lowest BCUT2D eigenvalue weighted by Gasteiger charge is -2.24. The van der Waals surface area contributed by atoms with E-state index in [1.807, 2.05) is 13.0 Å². The summed E-state index contributed by atoms with van der Waals surface area (Å²) in [5, 5.41) is 11.7. The van der Waals surface area contributed by atoms with Crippen LogP contribution < -0.4 is 10.0 Å². The summed E-state index contributed by atoms with van der Waals surface area (Å²) in [6.07, 6.45) is 1.06. The first-order chi connectivity index (χ1) is 8.95. The molecule has 0 bridgehead atoms. The SMILES string of the molecule is CC1(NS(=O)(=O)c2ccc(CC#N)cc2)CCNC1. The molecular weight excluding hydrogens is 262 g/mol. The number of nitrogens with one attached hydrogen (secondary N) is 2. The minimum atomic E-state index is -3.51. The van der Waals surface area contributed by atoms with Crippen LogP contribution in [0.4, 0.5) is 0 Å². The molecule has 0 saturated carbocycles. The molecule has 19 heavy (non-hydrogen) atoms. The van der Waals surface area contributed by atoms with Crippen LogP contribution in [0.1, 0.15) is 18.9 Å². The number of hydrogen-bond donors (Lipinski definition) is 2. The first-order valence-corrected chi connectivity index (χ1v) is 7.64. The van der Waals surface area contributed by atoms with E-state index in [0.29, 0.717) is 6.54 Å². The summed E-state index contributed by atoms with van der Waals surface area (Å²) in [4.78, 5) is 0.238. The summed E-state index contributed by atoms with van der Waals surface area (Å²) in [5.74, 6) is 0. The van der Waals surface area contributed by atoms with E-state index in [2.05, 4.69) is 10.0 Å². The molecule has 102 valence electrons. The molecule has 0 amide bonds. The third-order valence-electron chi connectivity index (χ3n) is 3.27. The Balaban J connectivity index is 2.17. The molecule has 0 radical (unpaired) electrons. The molecule has 1 atom stereocenters. The van der Waals surface area contributed by atoms with Gasteiger partial charge in [0.25, 0.3) is 0 Å². The zero-order valence-electron chi connectivity index (χ0n) is 10.8. The molecule has 2 N–H and O–H groups in total. The van der Waals surface area contributed by atoms with Crippen molar-refractivity contribution in [3.63, 3.8) is 0 Å². The molecule has 1 aromatic carbocycles. The smallest absolute Gasteiger partial charge is 0.241 e. The van der Waals surface area contributed by atoms with Gasteiger partial charge in [-0.05, 0) is 37.6 Å². The van der Waals surface area contributed by atoms with Crippen LogP contribution in [0.15, 0.2) is 29.2 Å². The van der Waals surface area contributed by atoms with Crippen molar-refractivity contribution in [2.24, 2.45) is 0 Å². The minimum Gasteiger partial charge on any atom is -0.315 e. The standard InChI is InChI=1S/C13H17N3O2S/c1-13(7-9-15-10-13)16-19(17,18)12-4-2-11(3-5-12)6-8-14/h2-5,15-16H,6-7,9-10H2,1H3. The monoisotopic (exact) mass is 279 g/mol. The van der Waals surface area contributed by atoms with Gasteiger partial charge in [0.05, 0.1) is 17.4 Å². The van der Waals surface area contributed by atoms with Gasteiger partial charge in [-0.3, -0.25) is 0 Å². The predicted molar refractivity (Wildman–Crippen MR) is 72.0 cm³/mol. The van der Waals surface area contributed by atoms with Crippen molar-refractivity contribution in [3.8, 4) is 6.07 Å². The van der Waals surface area contributed by atoms with Crippen LogP contribution in [0.3, 0.4) is 0 Å². The third-order valence-corrected chi connectivity index (χ3v) is 4.92. The summed E-state index contributed by atoms with van der Waals surface area (Å²) in [6.45, 7) is 3.35. The van der Waals surface area contributed by atoms with E-state index in [0.717, 1.165) is 18.5 Å². The summed E-state index contributed by atoms with van der Waals surface area (Å²) in [6, 6.07) is 8.47. The lowest BCUT2D eigenvalue weighted by Crippen LogP contribution is -2.47. The van der Waals surface area contributed by atoms with Crippen molar-refractivity contribution in [1.29, 1.82) is 5.26 Å². The van der Waals surface area contributed by atoms with Crippen LogP contribution in [0.25, 0.3) is 0 Å². The van der Waals surface area contributed by atoms with E-state index >= 15 is 0 Å². The maximum atomic E-state index is 12.3. The third kappa shape index (κ3) is 3.32. The molecule has 1 aliphatic heterocycles. The van der Waals surface area contributed by atoms with E-state index in [4.69, 9.17) is 5.26 Å². The molecule has 5 nitrogen and oxygen atoms in total. The summed E-state index contributed by atoms with van der Waals surface area (Å²) < 4.78 is 27.3. The zero-order chi connectivity index (χ0) is 13.9. The molecule has 0 aliphatic carbocycles. The van der Waals surface area contributed by atoms with Crippen LogP contribution in [0.2, 0.25) is 0 Å². The van der Waals surface area contributed by atoms with Crippen molar-refractivity contribution in [2.45, 2.75) is 30.2 Å². The molecular formula is C13H17N3O2S. The Hall–Kier alpha value is -1.42. The minimum absolute atomic E-state index is 0.238. The molecule has 0 spiro atoms. The van der Waals surface area contributed by atoms with Crippen LogP contribution in [-0.2, 0) is 16.4 Å². The maximum absolute atomic E-state index is 12.3. The van der Waals surface area contributed by atoms with E-state index in [1.54, 1.807) is 24.3 Å².